The number of halogens is 2. The number of carbonyl (C=O) groups is 1. The molecule has 0 bridgehead atoms. The molecule has 0 aromatic heterocycles. The van der Waals surface area contributed by atoms with E-state index in [4.69, 9.17) is 28.9 Å². The predicted octanol–water partition coefficient (Wildman–Crippen LogP) is 4.00. The highest BCUT2D eigenvalue weighted by atomic mass is 35.5. The van der Waals surface area contributed by atoms with Gasteiger partial charge in [0, 0.05) is 35.4 Å². The molecule has 144 valence electrons. The van der Waals surface area contributed by atoms with Crippen LogP contribution >= 0.6 is 23.2 Å². The molecule has 1 unspecified atom stereocenters. The first-order chi connectivity index (χ1) is 13.4. The van der Waals surface area contributed by atoms with E-state index in [0.29, 0.717) is 35.3 Å². The van der Waals surface area contributed by atoms with E-state index >= 15 is 0 Å². The van der Waals surface area contributed by atoms with Crippen LogP contribution in [0, 0.1) is 0 Å². The lowest BCUT2D eigenvalue weighted by Gasteiger charge is -2.20. The molecule has 7 heteroatoms. The number of benzene rings is 2. The number of rotatable bonds is 6. The van der Waals surface area contributed by atoms with Crippen molar-refractivity contribution in [1.29, 1.82) is 0 Å². The summed E-state index contributed by atoms with van der Waals surface area (Å²) in [4.78, 5) is 14.6. The zero-order chi connectivity index (χ0) is 20.3. The van der Waals surface area contributed by atoms with Crippen LogP contribution < -0.4 is 5.73 Å². The lowest BCUT2D eigenvalue weighted by Crippen LogP contribution is -2.42. The molecule has 0 spiro atoms. The summed E-state index contributed by atoms with van der Waals surface area (Å²) in [7, 11) is 0. The van der Waals surface area contributed by atoms with Gasteiger partial charge < -0.3 is 10.6 Å². The van der Waals surface area contributed by atoms with Gasteiger partial charge in [-0.2, -0.15) is 10.2 Å². The van der Waals surface area contributed by atoms with E-state index in [9.17, 15) is 4.79 Å². The molecule has 0 saturated heterocycles. The smallest absolute Gasteiger partial charge is 0.240 e. The summed E-state index contributed by atoms with van der Waals surface area (Å²) >= 11 is 12.1. The highest BCUT2D eigenvalue weighted by Crippen LogP contribution is 2.26. The number of amides is 1. The summed E-state index contributed by atoms with van der Waals surface area (Å²) < 4.78 is 0. The quantitative estimate of drug-likeness (QED) is 0.572. The van der Waals surface area contributed by atoms with E-state index in [1.54, 1.807) is 29.2 Å². The van der Waals surface area contributed by atoms with Crippen LogP contribution in [0.2, 0.25) is 10.0 Å². The van der Waals surface area contributed by atoms with Crippen molar-refractivity contribution in [2.75, 3.05) is 0 Å². The summed E-state index contributed by atoms with van der Waals surface area (Å²) in [6, 6.07) is 10.4. The number of nitrogens with two attached hydrogens (primary N) is 1. The normalized spacial score (nSPS) is 14.5. The molecule has 1 heterocycles. The van der Waals surface area contributed by atoms with Gasteiger partial charge in [0.2, 0.25) is 5.91 Å². The van der Waals surface area contributed by atoms with E-state index in [1.807, 2.05) is 18.2 Å². The number of nitrogens with zero attached hydrogens (tertiary/aromatic N) is 3. The Labute approximate surface area is 174 Å². The van der Waals surface area contributed by atoms with Gasteiger partial charge in [-0.25, -0.2) is 0 Å². The lowest BCUT2D eigenvalue weighted by molar-refractivity contribution is -0.133. The zero-order valence-electron chi connectivity index (χ0n) is 15.2. The second-order valence-corrected chi connectivity index (χ2v) is 7.40. The third kappa shape index (κ3) is 4.33. The van der Waals surface area contributed by atoms with Crippen LogP contribution in [0.4, 0.5) is 0 Å². The van der Waals surface area contributed by atoms with Crippen molar-refractivity contribution in [2.24, 2.45) is 15.9 Å². The molecule has 0 aliphatic carbocycles. The fraction of sp³-hybridized carbons (Fsp3) is 0.190. The molecular weight excluding hydrogens is 395 g/mol. The van der Waals surface area contributed by atoms with Gasteiger partial charge in [0.05, 0.1) is 11.8 Å². The number of fused-ring (bicyclic) bond motifs is 1. The van der Waals surface area contributed by atoms with Crippen molar-refractivity contribution in [3.05, 3.63) is 81.4 Å². The molecule has 1 atom stereocenters. The maximum atomic E-state index is 12.8. The molecular formula is C21H20Cl2N4O. The van der Waals surface area contributed by atoms with E-state index in [1.165, 1.54) is 0 Å². The fourth-order valence-corrected chi connectivity index (χ4v) is 3.73. The molecule has 0 saturated carbocycles. The second-order valence-electron chi connectivity index (χ2n) is 6.55. The van der Waals surface area contributed by atoms with Crippen LogP contribution in [0.25, 0.3) is 0 Å². The minimum Gasteiger partial charge on any atom is -0.333 e. The Kier molecular flexibility index (Phi) is 6.29. The standard InChI is InChI=1S/C21H20Cl2N4O/c1-3-20(26-25-2)14-4-5-15-11-27(12-16(15)8-14)21(28)19(24)9-13-6-7-17(22)10-18(13)23/h3-8,10,19H,1-2,9,11-12,24H2/b26-20+. The van der Waals surface area contributed by atoms with Gasteiger partial charge >= 0.3 is 0 Å². The Morgan fingerprint density at radius 1 is 1.21 bits per heavy atom. The van der Waals surface area contributed by atoms with Gasteiger partial charge in [0.15, 0.2) is 0 Å². The molecule has 1 aliphatic heterocycles. The third-order valence-corrected chi connectivity index (χ3v) is 5.27. The first-order valence-corrected chi connectivity index (χ1v) is 9.45. The van der Waals surface area contributed by atoms with Gasteiger partial charge in [-0.05, 0) is 47.4 Å². The van der Waals surface area contributed by atoms with Crippen molar-refractivity contribution < 1.29 is 4.79 Å². The summed E-state index contributed by atoms with van der Waals surface area (Å²) in [5, 5.41) is 8.59. The molecule has 0 radical (unpaired) electrons. The Hall–Kier alpha value is -2.47. The van der Waals surface area contributed by atoms with Crippen LogP contribution in [-0.2, 0) is 24.3 Å². The maximum Gasteiger partial charge on any atom is 0.240 e. The zero-order valence-corrected chi connectivity index (χ0v) is 16.7. The second kappa shape index (κ2) is 8.69. The van der Waals surface area contributed by atoms with Gasteiger partial charge in [0.25, 0.3) is 0 Å². The first-order valence-electron chi connectivity index (χ1n) is 8.69. The molecule has 1 amide bonds. The lowest BCUT2D eigenvalue weighted by atomic mass is 10.0. The monoisotopic (exact) mass is 414 g/mol. The van der Waals surface area contributed by atoms with Crippen molar-refractivity contribution >= 4 is 41.5 Å². The van der Waals surface area contributed by atoms with E-state index < -0.39 is 6.04 Å². The summed E-state index contributed by atoms with van der Waals surface area (Å²) in [5.74, 6) is -0.117. The maximum absolute atomic E-state index is 12.8. The fourth-order valence-electron chi connectivity index (χ4n) is 3.25. The number of carbonyl (C=O) groups excluding carboxylic acids is 1. The van der Waals surface area contributed by atoms with Gasteiger partial charge in [-0.1, -0.05) is 48.0 Å². The van der Waals surface area contributed by atoms with Crippen molar-refractivity contribution in [3.63, 3.8) is 0 Å². The Balaban J connectivity index is 1.72. The van der Waals surface area contributed by atoms with E-state index in [-0.39, 0.29) is 5.91 Å². The van der Waals surface area contributed by atoms with Gasteiger partial charge in [0.1, 0.15) is 0 Å². The molecule has 3 rings (SSSR count). The average Bonchev–Trinajstić information content (AvgIpc) is 3.10. The first kappa shape index (κ1) is 20.3. The molecule has 2 N–H and O–H groups in total. The Bertz CT molecular complexity index is 971. The third-order valence-electron chi connectivity index (χ3n) is 4.68. The van der Waals surface area contributed by atoms with Gasteiger partial charge in [-0.3, -0.25) is 4.79 Å². The Morgan fingerprint density at radius 3 is 2.64 bits per heavy atom. The average molecular weight is 415 g/mol. The van der Waals surface area contributed by atoms with Crippen molar-refractivity contribution in [3.8, 4) is 0 Å². The minimum atomic E-state index is -0.678. The van der Waals surface area contributed by atoms with Gasteiger partial charge in [-0.15, -0.1) is 0 Å². The van der Waals surface area contributed by atoms with E-state index in [0.717, 1.165) is 22.3 Å². The minimum absolute atomic E-state index is 0.117. The van der Waals surface area contributed by atoms with Crippen LogP contribution in [0.1, 0.15) is 22.3 Å². The Morgan fingerprint density at radius 2 is 1.96 bits per heavy atom. The molecule has 0 fully saturated rings. The van der Waals surface area contributed by atoms with Crippen LogP contribution in [-0.4, -0.2) is 29.3 Å². The molecule has 2 aromatic rings. The SMILES string of the molecule is C=C/C(=N\N=C)c1ccc2c(c1)CN(C(=O)C(N)Cc1ccc(Cl)cc1Cl)C2. The topological polar surface area (TPSA) is 71.0 Å². The largest absolute Gasteiger partial charge is 0.333 e. The van der Waals surface area contributed by atoms with Crippen LogP contribution in [0.3, 0.4) is 0 Å². The summed E-state index contributed by atoms with van der Waals surface area (Å²) in [6.07, 6.45) is 1.98. The molecule has 2 aromatic carbocycles. The highest BCUT2D eigenvalue weighted by Gasteiger charge is 2.28. The molecule has 5 nitrogen and oxygen atoms in total. The highest BCUT2D eigenvalue weighted by molar-refractivity contribution is 6.35. The molecule has 28 heavy (non-hydrogen) atoms. The predicted molar refractivity (Wildman–Crippen MR) is 115 cm³/mol. The van der Waals surface area contributed by atoms with Crippen LogP contribution in [0.15, 0.2) is 59.3 Å². The molecule has 1 aliphatic rings. The summed E-state index contributed by atoms with van der Waals surface area (Å²) in [5.41, 5.74) is 10.6. The van der Waals surface area contributed by atoms with Crippen molar-refractivity contribution in [1.82, 2.24) is 4.90 Å². The van der Waals surface area contributed by atoms with E-state index in [2.05, 4.69) is 23.5 Å². The van der Waals surface area contributed by atoms with Crippen molar-refractivity contribution in [2.45, 2.75) is 25.6 Å². The number of hydrogen-bond donors (Lipinski definition) is 1. The number of hydrogen-bond acceptors (Lipinski definition) is 4. The van der Waals surface area contributed by atoms with Crippen LogP contribution in [0.5, 0.6) is 0 Å². The summed E-state index contributed by atoms with van der Waals surface area (Å²) in [6.45, 7) is 8.15. The number of allylic oxidation sites excluding steroid dienone is 1.